The summed E-state index contributed by atoms with van der Waals surface area (Å²) in [7, 11) is 1.64. The number of tetrazole rings is 1. The Balaban J connectivity index is 1.94. The van der Waals surface area contributed by atoms with Crippen molar-refractivity contribution in [2.45, 2.75) is 0 Å². The van der Waals surface area contributed by atoms with Gasteiger partial charge in [-0.05, 0) is 29.5 Å². The first-order chi connectivity index (χ1) is 11.9. The molecule has 0 unspecified atom stereocenters. The number of ether oxygens (including phenoxy) is 1. The third-order valence-corrected chi connectivity index (χ3v) is 3.68. The lowest BCUT2D eigenvalue weighted by molar-refractivity contribution is 0.416. The summed E-state index contributed by atoms with van der Waals surface area (Å²) < 4.78 is 7.27. The molecule has 4 aromatic rings. The smallest absolute Gasteiger partial charge is 0.208 e. The summed E-state index contributed by atoms with van der Waals surface area (Å²) in [5.41, 5.74) is 3.33. The molecule has 7 heteroatoms. The highest BCUT2D eigenvalue weighted by Crippen LogP contribution is 2.35. The Bertz CT molecular complexity index is 946. The van der Waals surface area contributed by atoms with Crippen molar-refractivity contribution in [1.29, 1.82) is 0 Å². The Morgan fingerprint density at radius 3 is 2.50 bits per heavy atom. The van der Waals surface area contributed by atoms with Gasteiger partial charge >= 0.3 is 0 Å². The van der Waals surface area contributed by atoms with Gasteiger partial charge in [-0.25, -0.2) is 4.68 Å². The molecule has 4 rings (SSSR count). The third-order valence-electron chi connectivity index (χ3n) is 3.68. The molecule has 0 fully saturated rings. The fourth-order valence-electron chi connectivity index (χ4n) is 2.57. The summed E-state index contributed by atoms with van der Waals surface area (Å²) in [6.07, 6.45) is 1.89. The fraction of sp³-hybridized carbons (Fsp3) is 0.0588. The van der Waals surface area contributed by atoms with Crippen LogP contribution in [0, 0.1) is 0 Å². The van der Waals surface area contributed by atoms with E-state index in [0.29, 0.717) is 5.82 Å². The molecule has 0 saturated carbocycles. The van der Waals surface area contributed by atoms with E-state index in [4.69, 9.17) is 9.84 Å². The minimum Gasteiger partial charge on any atom is -0.496 e. The number of aromatic amines is 1. The van der Waals surface area contributed by atoms with Crippen molar-refractivity contribution in [2.24, 2.45) is 0 Å². The average Bonchev–Trinajstić information content (AvgIpc) is 3.32. The zero-order valence-corrected chi connectivity index (χ0v) is 12.9. The van der Waals surface area contributed by atoms with Crippen LogP contribution in [0.2, 0.25) is 0 Å². The maximum absolute atomic E-state index is 5.47. The van der Waals surface area contributed by atoms with E-state index in [1.165, 1.54) is 0 Å². The first kappa shape index (κ1) is 14.1. The van der Waals surface area contributed by atoms with Gasteiger partial charge in [0.1, 0.15) is 11.4 Å². The van der Waals surface area contributed by atoms with Crippen LogP contribution in [-0.4, -0.2) is 37.5 Å². The molecule has 0 aliphatic heterocycles. The molecule has 2 heterocycles. The van der Waals surface area contributed by atoms with Crippen LogP contribution in [0.25, 0.3) is 28.3 Å². The normalized spacial score (nSPS) is 10.7. The molecule has 0 aliphatic carbocycles. The van der Waals surface area contributed by atoms with E-state index in [1.807, 2.05) is 60.8 Å². The standard InChI is InChI=1S/C17H14N6O/c1-24-15-10-6-5-9-13(15)16-14(17-18-21-22-19-17)11-23(20-16)12-7-3-2-4-8-12/h2-11H,1H3,(H,18,19,21,22). The summed E-state index contributed by atoms with van der Waals surface area (Å²) >= 11 is 0. The van der Waals surface area contributed by atoms with Crippen molar-refractivity contribution in [3.63, 3.8) is 0 Å². The number of nitrogens with zero attached hydrogens (tertiary/aromatic N) is 5. The minimum absolute atomic E-state index is 0.484. The van der Waals surface area contributed by atoms with Crippen LogP contribution in [0.3, 0.4) is 0 Å². The zero-order valence-electron chi connectivity index (χ0n) is 12.9. The molecule has 0 bridgehead atoms. The van der Waals surface area contributed by atoms with Gasteiger partial charge in [0.15, 0.2) is 0 Å². The highest BCUT2D eigenvalue weighted by atomic mass is 16.5. The summed E-state index contributed by atoms with van der Waals surface area (Å²) in [6.45, 7) is 0. The number of nitrogens with one attached hydrogen (secondary N) is 1. The predicted octanol–water partition coefficient (Wildman–Crippen LogP) is 2.73. The van der Waals surface area contributed by atoms with E-state index in [2.05, 4.69) is 20.6 Å². The highest BCUT2D eigenvalue weighted by molar-refractivity contribution is 5.80. The number of rotatable bonds is 4. The largest absolute Gasteiger partial charge is 0.496 e. The number of aromatic nitrogens is 6. The molecule has 7 nitrogen and oxygen atoms in total. The van der Waals surface area contributed by atoms with Crippen molar-refractivity contribution >= 4 is 0 Å². The van der Waals surface area contributed by atoms with Gasteiger partial charge in [0, 0.05) is 11.8 Å². The van der Waals surface area contributed by atoms with Gasteiger partial charge < -0.3 is 4.74 Å². The minimum atomic E-state index is 0.484. The Hall–Kier alpha value is -3.48. The first-order valence-electron chi connectivity index (χ1n) is 7.39. The fourth-order valence-corrected chi connectivity index (χ4v) is 2.57. The van der Waals surface area contributed by atoms with E-state index < -0.39 is 0 Å². The summed E-state index contributed by atoms with van der Waals surface area (Å²) in [5.74, 6) is 1.22. The Morgan fingerprint density at radius 2 is 1.75 bits per heavy atom. The number of benzene rings is 2. The van der Waals surface area contributed by atoms with Crippen LogP contribution in [-0.2, 0) is 0 Å². The maximum atomic E-state index is 5.47. The van der Waals surface area contributed by atoms with E-state index in [-0.39, 0.29) is 0 Å². The molecule has 2 aromatic carbocycles. The molecule has 0 aliphatic rings. The van der Waals surface area contributed by atoms with E-state index >= 15 is 0 Å². The molecular formula is C17H14N6O. The third kappa shape index (κ3) is 2.41. The predicted molar refractivity (Wildman–Crippen MR) is 88.7 cm³/mol. The molecule has 0 radical (unpaired) electrons. The van der Waals surface area contributed by atoms with Gasteiger partial charge in [-0.2, -0.15) is 10.3 Å². The topological polar surface area (TPSA) is 81.5 Å². The van der Waals surface area contributed by atoms with Gasteiger partial charge in [0.2, 0.25) is 5.82 Å². The van der Waals surface area contributed by atoms with Crippen molar-refractivity contribution in [2.75, 3.05) is 7.11 Å². The van der Waals surface area contributed by atoms with Crippen molar-refractivity contribution < 1.29 is 4.74 Å². The Morgan fingerprint density at radius 1 is 0.958 bits per heavy atom. The lowest BCUT2D eigenvalue weighted by Crippen LogP contribution is -1.95. The summed E-state index contributed by atoms with van der Waals surface area (Å²) in [6, 6.07) is 17.6. The maximum Gasteiger partial charge on any atom is 0.208 e. The Labute approximate surface area is 137 Å². The van der Waals surface area contributed by atoms with Crippen molar-refractivity contribution in [1.82, 2.24) is 30.4 Å². The van der Waals surface area contributed by atoms with Gasteiger partial charge in [0.25, 0.3) is 0 Å². The molecule has 24 heavy (non-hydrogen) atoms. The molecule has 118 valence electrons. The number of hydrogen-bond donors (Lipinski definition) is 1. The van der Waals surface area contributed by atoms with Gasteiger partial charge in [-0.1, -0.05) is 30.3 Å². The van der Waals surface area contributed by atoms with Crippen LogP contribution in [0.4, 0.5) is 0 Å². The number of H-pyrrole nitrogens is 1. The van der Waals surface area contributed by atoms with Crippen LogP contribution < -0.4 is 4.74 Å². The first-order valence-corrected chi connectivity index (χ1v) is 7.39. The summed E-state index contributed by atoms with van der Waals surface area (Å²) in [5, 5.41) is 19.1. The lowest BCUT2D eigenvalue weighted by atomic mass is 10.1. The second kappa shape index (κ2) is 5.96. The molecule has 1 N–H and O–H groups in total. The monoisotopic (exact) mass is 318 g/mol. The molecule has 2 aromatic heterocycles. The second-order valence-corrected chi connectivity index (χ2v) is 5.11. The number of hydrogen-bond acceptors (Lipinski definition) is 5. The van der Waals surface area contributed by atoms with E-state index in [9.17, 15) is 0 Å². The number of para-hydroxylation sites is 2. The molecule has 0 spiro atoms. The highest BCUT2D eigenvalue weighted by Gasteiger charge is 2.19. The van der Waals surface area contributed by atoms with Crippen LogP contribution in [0.5, 0.6) is 5.75 Å². The van der Waals surface area contributed by atoms with Crippen molar-refractivity contribution in [3.8, 4) is 34.1 Å². The molecular weight excluding hydrogens is 304 g/mol. The average molecular weight is 318 g/mol. The van der Waals surface area contributed by atoms with E-state index in [0.717, 1.165) is 28.3 Å². The molecule has 0 atom stereocenters. The Kier molecular flexibility index (Phi) is 3.51. The quantitative estimate of drug-likeness (QED) is 0.625. The van der Waals surface area contributed by atoms with E-state index in [1.54, 1.807) is 11.8 Å². The van der Waals surface area contributed by atoms with Gasteiger partial charge in [-0.3, -0.25) is 0 Å². The van der Waals surface area contributed by atoms with Crippen molar-refractivity contribution in [3.05, 3.63) is 60.8 Å². The van der Waals surface area contributed by atoms with Crippen LogP contribution in [0.15, 0.2) is 60.8 Å². The van der Waals surface area contributed by atoms with Gasteiger partial charge in [0.05, 0.1) is 18.4 Å². The van der Waals surface area contributed by atoms with Gasteiger partial charge in [-0.15, -0.1) is 10.2 Å². The number of methoxy groups -OCH3 is 1. The molecule has 0 amide bonds. The summed E-state index contributed by atoms with van der Waals surface area (Å²) in [4.78, 5) is 0. The zero-order chi connectivity index (χ0) is 16.4. The van der Waals surface area contributed by atoms with Crippen LogP contribution in [0.1, 0.15) is 0 Å². The molecule has 0 saturated heterocycles. The second-order valence-electron chi connectivity index (χ2n) is 5.11. The van der Waals surface area contributed by atoms with Crippen LogP contribution >= 0.6 is 0 Å². The lowest BCUT2D eigenvalue weighted by Gasteiger charge is -2.06. The SMILES string of the molecule is COc1ccccc1-c1nn(-c2ccccc2)cc1-c1nn[nH]n1.